The third kappa shape index (κ3) is 5.99. The lowest BCUT2D eigenvalue weighted by molar-refractivity contribution is 0.278. The molecule has 0 atom stereocenters. The maximum Gasteiger partial charge on any atom is 0.175 e. The fraction of sp³-hybridized carbons (Fsp3) is 0.0741. The van der Waals surface area contributed by atoms with Crippen LogP contribution in [0.15, 0.2) is 100 Å². The molecule has 4 rings (SSSR count). The van der Waals surface area contributed by atoms with Crippen LogP contribution in [0.4, 0.5) is 10.1 Å². The number of ether oxygens (including phenoxy) is 3. The molecule has 0 aliphatic rings. The number of rotatable bonds is 8. The highest BCUT2D eigenvalue weighted by atomic mass is 79.9. The predicted molar refractivity (Wildman–Crippen MR) is 132 cm³/mol. The molecule has 0 saturated heterocycles. The van der Waals surface area contributed by atoms with Crippen LogP contribution in [0.3, 0.4) is 0 Å². The fourth-order valence-electron chi connectivity index (χ4n) is 3.09. The Morgan fingerprint density at radius 1 is 0.879 bits per heavy atom. The summed E-state index contributed by atoms with van der Waals surface area (Å²) in [6.07, 6.45) is 1.74. The molecule has 0 aliphatic carbocycles. The van der Waals surface area contributed by atoms with Crippen LogP contribution in [-0.4, -0.2) is 13.3 Å². The van der Waals surface area contributed by atoms with Crippen LogP contribution in [0.2, 0.25) is 0 Å². The van der Waals surface area contributed by atoms with Crippen molar-refractivity contribution in [3.8, 4) is 23.0 Å². The summed E-state index contributed by atoms with van der Waals surface area (Å²) < 4.78 is 31.7. The van der Waals surface area contributed by atoms with Crippen molar-refractivity contribution in [3.63, 3.8) is 0 Å². The van der Waals surface area contributed by atoms with Crippen LogP contribution in [-0.2, 0) is 6.61 Å². The summed E-state index contributed by atoms with van der Waals surface area (Å²) in [5, 5.41) is 0. The van der Waals surface area contributed by atoms with E-state index in [1.54, 1.807) is 31.5 Å². The van der Waals surface area contributed by atoms with E-state index in [2.05, 4.69) is 20.9 Å². The molecule has 33 heavy (non-hydrogen) atoms. The molecule has 0 amide bonds. The summed E-state index contributed by atoms with van der Waals surface area (Å²) in [7, 11) is 1.56. The largest absolute Gasteiger partial charge is 0.493 e. The molecule has 4 aromatic rings. The molecule has 0 aromatic heterocycles. The first-order valence-electron chi connectivity index (χ1n) is 10.2. The van der Waals surface area contributed by atoms with Crippen molar-refractivity contribution >= 4 is 27.8 Å². The van der Waals surface area contributed by atoms with Crippen molar-refractivity contribution in [2.75, 3.05) is 7.11 Å². The Balaban J connectivity index is 1.45. The number of hydrogen-bond acceptors (Lipinski definition) is 4. The van der Waals surface area contributed by atoms with Gasteiger partial charge in [-0.15, -0.1) is 0 Å². The standard InChI is InChI=1S/C27H21BrFNO3/c1-31-26-16-19(15-24(28)27(26)32-18-20-7-5-6-10-25(20)29)17-30-21-11-13-23(14-12-21)33-22-8-3-2-4-9-22/h2-17H,18H2,1H3. The Labute approximate surface area is 200 Å². The maximum atomic E-state index is 13.9. The van der Waals surface area contributed by atoms with E-state index in [0.717, 1.165) is 22.7 Å². The molecule has 6 heteroatoms. The van der Waals surface area contributed by atoms with Crippen molar-refractivity contribution in [1.82, 2.24) is 0 Å². The monoisotopic (exact) mass is 505 g/mol. The van der Waals surface area contributed by atoms with Gasteiger partial charge in [-0.3, -0.25) is 4.99 Å². The minimum absolute atomic E-state index is 0.0898. The Bertz CT molecular complexity index is 1240. The fourth-order valence-corrected chi connectivity index (χ4v) is 3.67. The zero-order chi connectivity index (χ0) is 23.0. The second kappa shape index (κ2) is 10.8. The minimum Gasteiger partial charge on any atom is -0.493 e. The number of methoxy groups -OCH3 is 1. The van der Waals surface area contributed by atoms with E-state index in [-0.39, 0.29) is 12.4 Å². The van der Waals surface area contributed by atoms with Gasteiger partial charge in [-0.05, 0) is 76.1 Å². The predicted octanol–water partition coefficient (Wildman–Crippen LogP) is 7.72. The number of para-hydroxylation sites is 1. The van der Waals surface area contributed by atoms with Gasteiger partial charge in [0.15, 0.2) is 11.5 Å². The van der Waals surface area contributed by atoms with Crippen molar-refractivity contribution in [3.05, 3.63) is 112 Å². The third-order valence-corrected chi connectivity index (χ3v) is 5.35. The molecule has 0 fully saturated rings. The van der Waals surface area contributed by atoms with Gasteiger partial charge in [0.25, 0.3) is 0 Å². The van der Waals surface area contributed by atoms with Gasteiger partial charge in [0.2, 0.25) is 0 Å². The highest BCUT2D eigenvalue weighted by molar-refractivity contribution is 9.10. The van der Waals surface area contributed by atoms with Gasteiger partial charge in [-0.2, -0.15) is 0 Å². The first-order chi connectivity index (χ1) is 16.1. The average molecular weight is 506 g/mol. The number of nitrogens with zero attached hydrogens (tertiary/aromatic N) is 1. The highest BCUT2D eigenvalue weighted by Crippen LogP contribution is 2.37. The first-order valence-corrected chi connectivity index (χ1v) is 11.0. The van der Waals surface area contributed by atoms with Crippen LogP contribution in [0.5, 0.6) is 23.0 Å². The van der Waals surface area contributed by atoms with Crippen LogP contribution < -0.4 is 14.2 Å². The summed E-state index contributed by atoms with van der Waals surface area (Å²) in [4.78, 5) is 4.53. The molecule has 0 radical (unpaired) electrons. The normalized spacial score (nSPS) is 10.9. The van der Waals surface area contributed by atoms with E-state index in [9.17, 15) is 4.39 Å². The smallest absolute Gasteiger partial charge is 0.175 e. The molecule has 4 aromatic carbocycles. The van der Waals surface area contributed by atoms with Crippen molar-refractivity contribution in [1.29, 1.82) is 0 Å². The van der Waals surface area contributed by atoms with Gasteiger partial charge in [-0.25, -0.2) is 4.39 Å². The molecule has 4 nitrogen and oxygen atoms in total. The summed E-state index contributed by atoms with van der Waals surface area (Å²) in [6.45, 7) is 0.0898. The lowest BCUT2D eigenvalue weighted by Gasteiger charge is -2.14. The average Bonchev–Trinajstić information content (AvgIpc) is 2.84. The van der Waals surface area contributed by atoms with Crippen LogP contribution in [0.1, 0.15) is 11.1 Å². The number of aliphatic imine (C=N–C) groups is 1. The Morgan fingerprint density at radius 3 is 2.30 bits per heavy atom. The van der Waals surface area contributed by atoms with Crippen LogP contribution >= 0.6 is 15.9 Å². The zero-order valence-corrected chi connectivity index (χ0v) is 19.5. The molecule has 0 spiro atoms. The van der Waals surface area contributed by atoms with E-state index >= 15 is 0 Å². The Hall–Kier alpha value is -3.64. The van der Waals surface area contributed by atoms with E-state index in [1.807, 2.05) is 66.7 Å². The quantitative estimate of drug-likeness (QED) is 0.230. The number of benzene rings is 4. The van der Waals surface area contributed by atoms with Crippen LogP contribution in [0, 0.1) is 5.82 Å². The van der Waals surface area contributed by atoms with Crippen molar-refractivity contribution < 1.29 is 18.6 Å². The Kier molecular flexibility index (Phi) is 7.37. The van der Waals surface area contributed by atoms with Gasteiger partial charge in [0.1, 0.15) is 23.9 Å². The van der Waals surface area contributed by atoms with E-state index in [0.29, 0.717) is 21.5 Å². The molecule has 0 unspecified atom stereocenters. The summed E-state index contributed by atoms with van der Waals surface area (Å²) in [6, 6.07) is 27.3. The number of halogens is 2. The summed E-state index contributed by atoms with van der Waals surface area (Å²) >= 11 is 3.52. The molecule has 0 N–H and O–H groups in total. The maximum absolute atomic E-state index is 13.9. The van der Waals surface area contributed by atoms with Gasteiger partial charge in [0.05, 0.1) is 17.3 Å². The molecule has 0 saturated carbocycles. The topological polar surface area (TPSA) is 40.0 Å². The second-order valence-electron chi connectivity index (χ2n) is 7.08. The molecular formula is C27H21BrFNO3. The lowest BCUT2D eigenvalue weighted by Crippen LogP contribution is -2.01. The molecular weight excluding hydrogens is 485 g/mol. The molecule has 0 bridgehead atoms. The number of hydrogen-bond donors (Lipinski definition) is 0. The lowest BCUT2D eigenvalue weighted by atomic mass is 10.2. The van der Waals surface area contributed by atoms with Gasteiger partial charge in [-0.1, -0.05) is 36.4 Å². The van der Waals surface area contributed by atoms with Gasteiger partial charge >= 0.3 is 0 Å². The molecule has 166 valence electrons. The van der Waals surface area contributed by atoms with E-state index < -0.39 is 0 Å². The Morgan fingerprint density at radius 2 is 1.58 bits per heavy atom. The third-order valence-electron chi connectivity index (χ3n) is 4.76. The molecule has 0 aliphatic heterocycles. The summed E-state index contributed by atoms with van der Waals surface area (Å²) in [5.41, 5.74) is 2.07. The van der Waals surface area contributed by atoms with Crippen molar-refractivity contribution in [2.24, 2.45) is 4.99 Å². The van der Waals surface area contributed by atoms with Gasteiger partial charge < -0.3 is 14.2 Å². The summed E-state index contributed by atoms with van der Waals surface area (Å²) in [5.74, 6) is 2.23. The van der Waals surface area contributed by atoms with E-state index in [4.69, 9.17) is 14.2 Å². The minimum atomic E-state index is -0.309. The second-order valence-corrected chi connectivity index (χ2v) is 7.94. The molecule has 0 heterocycles. The van der Waals surface area contributed by atoms with Crippen LogP contribution in [0.25, 0.3) is 0 Å². The highest BCUT2D eigenvalue weighted by Gasteiger charge is 2.12. The van der Waals surface area contributed by atoms with Gasteiger partial charge in [0, 0.05) is 11.8 Å². The SMILES string of the molecule is COc1cc(C=Nc2ccc(Oc3ccccc3)cc2)cc(Br)c1OCc1ccccc1F. The van der Waals surface area contributed by atoms with E-state index in [1.165, 1.54) is 6.07 Å². The first kappa shape index (κ1) is 22.6. The van der Waals surface area contributed by atoms with Crippen molar-refractivity contribution in [2.45, 2.75) is 6.61 Å². The zero-order valence-electron chi connectivity index (χ0n) is 17.9.